The lowest BCUT2D eigenvalue weighted by molar-refractivity contribution is -0.385. The normalized spacial score (nSPS) is 15.9. The molecule has 1 aromatic carbocycles. The zero-order valence-corrected chi connectivity index (χ0v) is 13.7. The monoisotopic (exact) mass is 334 g/mol. The topological polar surface area (TPSA) is 119 Å². The van der Waals surface area contributed by atoms with E-state index in [9.17, 15) is 19.7 Å². The third-order valence-corrected chi connectivity index (χ3v) is 4.42. The number of rotatable bonds is 6. The summed E-state index contributed by atoms with van der Waals surface area (Å²) in [5.41, 5.74) is 6.19. The summed E-state index contributed by atoms with van der Waals surface area (Å²) >= 11 is 0. The van der Waals surface area contributed by atoms with Crippen LogP contribution >= 0.6 is 0 Å². The van der Waals surface area contributed by atoms with Crippen LogP contribution in [-0.2, 0) is 9.59 Å². The Hall–Kier alpha value is -2.48. The molecule has 3 N–H and O–H groups in total. The molecule has 0 atom stereocenters. The van der Waals surface area contributed by atoms with Gasteiger partial charge < -0.3 is 16.0 Å². The minimum Gasteiger partial charge on any atom is -0.369 e. The number of anilines is 1. The maximum absolute atomic E-state index is 12.1. The highest BCUT2D eigenvalue weighted by atomic mass is 16.6. The van der Waals surface area contributed by atoms with Crippen molar-refractivity contribution in [3.05, 3.63) is 33.9 Å². The second-order valence-corrected chi connectivity index (χ2v) is 6.02. The predicted octanol–water partition coefficient (Wildman–Crippen LogP) is 1.43. The van der Waals surface area contributed by atoms with Crippen LogP contribution in [0.5, 0.6) is 0 Å². The van der Waals surface area contributed by atoms with Crippen molar-refractivity contribution in [2.24, 2.45) is 11.7 Å². The van der Waals surface area contributed by atoms with Gasteiger partial charge in [0.2, 0.25) is 11.8 Å². The largest absolute Gasteiger partial charge is 0.369 e. The standard InChI is InChI=1S/C16H22N4O4/c1-11-13(3-2-4-14(11)20(23)24)18-15(21)7-10-19-8-5-12(6-9-19)16(17)22/h2-4,12H,5-10H2,1H3,(H2,17,22)(H,18,21). The Morgan fingerprint density at radius 2 is 2.04 bits per heavy atom. The first-order valence-electron chi connectivity index (χ1n) is 7.94. The number of amides is 2. The maximum Gasteiger partial charge on any atom is 0.274 e. The molecule has 1 fully saturated rings. The van der Waals surface area contributed by atoms with Crippen molar-refractivity contribution in [1.29, 1.82) is 0 Å². The molecule has 1 aliphatic rings. The smallest absolute Gasteiger partial charge is 0.274 e. The van der Waals surface area contributed by atoms with Crippen LogP contribution in [0.15, 0.2) is 18.2 Å². The van der Waals surface area contributed by atoms with Gasteiger partial charge in [-0.05, 0) is 38.9 Å². The van der Waals surface area contributed by atoms with Gasteiger partial charge in [-0.3, -0.25) is 19.7 Å². The molecule has 0 spiro atoms. The first-order chi connectivity index (χ1) is 11.4. The van der Waals surface area contributed by atoms with Crippen molar-refractivity contribution in [2.75, 3.05) is 25.0 Å². The molecular formula is C16H22N4O4. The lowest BCUT2D eigenvalue weighted by Crippen LogP contribution is -2.39. The number of nitrogens with zero attached hydrogens (tertiary/aromatic N) is 2. The van der Waals surface area contributed by atoms with Crippen LogP contribution in [0.3, 0.4) is 0 Å². The SMILES string of the molecule is Cc1c(NC(=O)CCN2CCC(C(N)=O)CC2)cccc1[N+](=O)[O-]. The van der Waals surface area contributed by atoms with Crippen molar-refractivity contribution < 1.29 is 14.5 Å². The number of likely N-dealkylation sites (tertiary alicyclic amines) is 1. The molecule has 24 heavy (non-hydrogen) atoms. The quantitative estimate of drug-likeness (QED) is 0.602. The van der Waals surface area contributed by atoms with Gasteiger partial charge in [-0.15, -0.1) is 0 Å². The van der Waals surface area contributed by atoms with Gasteiger partial charge in [0.05, 0.1) is 16.2 Å². The first kappa shape index (κ1) is 17.9. The number of primary amides is 1. The molecule has 0 aliphatic carbocycles. The lowest BCUT2D eigenvalue weighted by atomic mass is 9.96. The number of nitro groups is 1. The van der Waals surface area contributed by atoms with Crippen molar-refractivity contribution in [3.8, 4) is 0 Å². The number of carbonyl (C=O) groups excluding carboxylic acids is 2. The van der Waals surface area contributed by atoms with Crippen molar-refractivity contribution in [3.63, 3.8) is 0 Å². The number of nitrogens with one attached hydrogen (secondary N) is 1. The summed E-state index contributed by atoms with van der Waals surface area (Å²) < 4.78 is 0. The Bertz CT molecular complexity index is 639. The Kier molecular flexibility index (Phi) is 5.86. The van der Waals surface area contributed by atoms with E-state index >= 15 is 0 Å². The molecule has 0 saturated carbocycles. The van der Waals surface area contributed by atoms with Crippen LogP contribution in [0.2, 0.25) is 0 Å². The van der Waals surface area contributed by atoms with Crippen molar-refractivity contribution in [1.82, 2.24) is 4.90 Å². The van der Waals surface area contributed by atoms with E-state index in [2.05, 4.69) is 10.2 Å². The molecule has 1 heterocycles. The maximum atomic E-state index is 12.1. The molecule has 130 valence electrons. The highest BCUT2D eigenvalue weighted by Crippen LogP contribution is 2.25. The van der Waals surface area contributed by atoms with E-state index in [1.807, 2.05) is 0 Å². The molecule has 2 rings (SSSR count). The third kappa shape index (κ3) is 4.51. The fourth-order valence-electron chi connectivity index (χ4n) is 2.87. The summed E-state index contributed by atoms with van der Waals surface area (Å²) in [6.07, 6.45) is 1.74. The summed E-state index contributed by atoms with van der Waals surface area (Å²) in [6.45, 7) is 3.70. The number of nitrogens with two attached hydrogens (primary N) is 1. The molecule has 8 heteroatoms. The summed E-state index contributed by atoms with van der Waals surface area (Å²) in [6, 6.07) is 4.61. The molecule has 0 radical (unpaired) electrons. The number of hydrogen-bond donors (Lipinski definition) is 2. The number of piperidine rings is 1. The van der Waals surface area contributed by atoms with Crippen LogP contribution in [0.1, 0.15) is 24.8 Å². The average Bonchev–Trinajstić information content (AvgIpc) is 2.55. The van der Waals surface area contributed by atoms with E-state index in [1.54, 1.807) is 19.1 Å². The minimum atomic E-state index is -0.464. The van der Waals surface area contributed by atoms with Gasteiger partial charge >= 0.3 is 0 Å². The van der Waals surface area contributed by atoms with Gasteiger partial charge in [-0.2, -0.15) is 0 Å². The van der Waals surface area contributed by atoms with E-state index < -0.39 is 4.92 Å². The van der Waals surface area contributed by atoms with Crippen LogP contribution < -0.4 is 11.1 Å². The molecular weight excluding hydrogens is 312 g/mol. The van der Waals surface area contributed by atoms with Gasteiger partial charge in [-0.1, -0.05) is 6.07 Å². The summed E-state index contributed by atoms with van der Waals surface area (Å²) in [7, 11) is 0. The van der Waals surface area contributed by atoms with Crippen LogP contribution in [-0.4, -0.2) is 41.3 Å². The fraction of sp³-hybridized carbons (Fsp3) is 0.500. The second kappa shape index (κ2) is 7.87. The number of hydrogen-bond acceptors (Lipinski definition) is 5. The number of benzene rings is 1. The molecule has 0 unspecified atom stereocenters. The van der Waals surface area contributed by atoms with E-state index in [0.717, 1.165) is 25.9 Å². The Labute approximate surface area is 140 Å². The van der Waals surface area contributed by atoms with E-state index in [1.165, 1.54) is 6.07 Å². The molecule has 1 aromatic rings. The summed E-state index contributed by atoms with van der Waals surface area (Å²) in [5, 5.41) is 13.6. The van der Waals surface area contributed by atoms with Crippen LogP contribution in [0.4, 0.5) is 11.4 Å². The van der Waals surface area contributed by atoms with Crippen molar-refractivity contribution in [2.45, 2.75) is 26.2 Å². The third-order valence-electron chi connectivity index (χ3n) is 4.42. The van der Waals surface area contributed by atoms with Gasteiger partial charge in [-0.25, -0.2) is 0 Å². The van der Waals surface area contributed by atoms with Crippen LogP contribution in [0, 0.1) is 23.0 Å². The van der Waals surface area contributed by atoms with Crippen molar-refractivity contribution >= 4 is 23.2 Å². The highest BCUT2D eigenvalue weighted by molar-refractivity contribution is 5.92. The van der Waals surface area contributed by atoms with Gasteiger partial charge in [0.25, 0.3) is 5.69 Å². The molecule has 0 aromatic heterocycles. The Morgan fingerprint density at radius 3 is 2.62 bits per heavy atom. The lowest BCUT2D eigenvalue weighted by Gasteiger charge is -2.30. The number of nitro benzene ring substituents is 1. The van der Waals surface area contributed by atoms with E-state index in [0.29, 0.717) is 24.2 Å². The summed E-state index contributed by atoms with van der Waals surface area (Å²) in [5.74, 6) is -0.508. The molecule has 0 bridgehead atoms. The first-order valence-corrected chi connectivity index (χ1v) is 7.94. The highest BCUT2D eigenvalue weighted by Gasteiger charge is 2.23. The fourth-order valence-corrected chi connectivity index (χ4v) is 2.87. The Balaban J connectivity index is 1.83. The number of carbonyl (C=O) groups is 2. The Morgan fingerprint density at radius 1 is 1.38 bits per heavy atom. The van der Waals surface area contributed by atoms with Gasteiger partial charge in [0.1, 0.15) is 0 Å². The minimum absolute atomic E-state index is 0.0127. The van der Waals surface area contributed by atoms with Gasteiger partial charge in [0, 0.05) is 24.9 Å². The zero-order chi connectivity index (χ0) is 17.7. The summed E-state index contributed by atoms with van der Waals surface area (Å²) in [4.78, 5) is 35.8. The van der Waals surface area contributed by atoms with Gasteiger partial charge in [0.15, 0.2) is 0 Å². The van der Waals surface area contributed by atoms with Crippen LogP contribution in [0.25, 0.3) is 0 Å². The average molecular weight is 334 g/mol. The van der Waals surface area contributed by atoms with E-state index in [-0.39, 0.29) is 23.4 Å². The van der Waals surface area contributed by atoms with E-state index in [4.69, 9.17) is 5.73 Å². The molecule has 1 aliphatic heterocycles. The molecule has 8 nitrogen and oxygen atoms in total. The molecule has 2 amide bonds. The molecule has 1 saturated heterocycles. The second-order valence-electron chi connectivity index (χ2n) is 6.02. The zero-order valence-electron chi connectivity index (χ0n) is 13.7. The predicted molar refractivity (Wildman–Crippen MR) is 89.4 cm³/mol.